The first-order chi connectivity index (χ1) is 6.24. The molecule has 0 atom stereocenters. The predicted octanol–water partition coefficient (Wildman–Crippen LogP) is -0.118. The summed E-state index contributed by atoms with van der Waals surface area (Å²) in [5.41, 5.74) is 6.02. The molecule has 1 aliphatic carbocycles. The molecule has 13 heavy (non-hydrogen) atoms. The van der Waals surface area contributed by atoms with Gasteiger partial charge in [-0.1, -0.05) is 6.42 Å². The molecular formula is C8H15N5. The van der Waals surface area contributed by atoms with E-state index in [1.54, 1.807) is 7.05 Å². The highest BCUT2D eigenvalue weighted by Crippen LogP contribution is 2.41. The zero-order valence-corrected chi connectivity index (χ0v) is 7.90. The van der Waals surface area contributed by atoms with E-state index < -0.39 is 0 Å². The van der Waals surface area contributed by atoms with Crippen LogP contribution in [-0.2, 0) is 13.5 Å². The molecule has 0 spiro atoms. The van der Waals surface area contributed by atoms with Crippen LogP contribution < -0.4 is 5.73 Å². The van der Waals surface area contributed by atoms with Crippen LogP contribution in [0.1, 0.15) is 25.1 Å². The van der Waals surface area contributed by atoms with Crippen molar-refractivity contribution < 1.29 is 0 Å². The van der Waals surface area contributed by atoms with E-state index in [4.69, 9.17) is 5.73 Å². The van der Waals surface area contributed by atoms with E-state index in [0.29, 0.717) is 0 Å². The Morgan fingerprint density at radius 2 is 2.31 bits per heavy atom. The van der Waals surface area contributed by atoms with Gasteiger partial charge in [0, 0.05) is 6.42 Å². The topological polar surface area (TPSA) is 69.6 Å². The normalized spacial score (nSPS) is 19.8. The average molecular weight is 181 g/mol. The minimum atomic E-state index is 0.281. The van der Waals surface area contributed by atoms with E-state index in [1.165, 1.54) is 24.1 Å². The van der Waals surface area contributed by atoms with Gasteiger partial charge in [0.25, 0.3) is 0 Å². The standard InChI is InChI=1S/C8H15N5/c1-13-11-7(10-12-13)5-8(6-9)3-2-4-8/h2-6,9H2,1H3. The number of rotatable bonds is 3. The summed E-state index contributed by atoms with van der Waals surface area (Å²) in [5.74, 6) is 0.827. The molecule has 0 aliphatic heterocycles. The fourth-order valence-corrected chi connectivity index (χ4v) is 1.86. The van der Waals surface area contributed by atoms with E-state index in [9.17, 15) is 0 Å². The third kappa shape index (κ3) is 1.56. The van der Waals surface area contributed by atoms with Crippen LogP contribution in [0.3, 0.4) is 0 Å². The van der Waals surface area contributed by atoms with Crippen molar-refractivity contribution in [2.24, 2.45) is 18.2 Å². The van der Waals surface area contributed by atoms with E-state index in [1.807, 2.05) is 0 Å². The molecular weight excluding hydrogens is 166 g/mol. The first-order valence-electron chi connectivity index (χ1n) is 4.67. The van der Waals surface area contributed by atoms with Gasteiger partial charge < -0.3 is 5.73 Å². The second-order valence-corrected chi connectivity index (χ2v) is 3.93. The monoisotopic (exact) mass is 181 g/mol. The van der Waals surface area contributed by atoms with Gasteiger partial charge in [-0.3, -0.25) is 0 Å². The molecule has 2 rings (SSSR count). The maximum atomic E-state index is 5.74. The Morgan fingerprint density at radius 3 is 2.69 bits per heavy atom. The summed E-state index contributed by atoms with van der Waals surface area (Å²) >= 11 is 0. The molecule has 2 N–H and O–H groups in total. The van der Waals surface area contributed by atoms with E-state index >= 15 is 0 Å². The Balaban J connectivity index is 2.04. The summed E-state index contributed by atoms with van der Waals surface area (Å²) in [6, 6.07) is 0. The maximum Gasteiger partial charge on any atom is 0.175 e. The second-order valence-electron chi connectivity index (χ2n) is 3.93. The number of aromatic nitrogens is 4. The van der Waals surface area contributed by atoms with Gasteiger partial charge in [0.15, 0.2) is 5.82 Å². The van der Waals surface area contributed by atoms with Crippen molar-refractivity contribution in [2.75, 3.05) is 6.54 Å². The van der Waals surface area contributed by atoms with E-state index in [2.05, 4.69) is 15.4 Å². The minimum Gasteiger partial charge on any atom is -0.330 e. The summed E-state index contributed by atoms with van der Waals surface area (Å²) in [6.45, 7) is 0.741. The van der Waals surface area contributed by atoms with Crippen LogP contribution >= 0.6 is 0 Å². The number of nitrogens with two attached hydrogens (primary N) is 1. The highest BCUT2D eigenvalue weighted by Gasteiger charge is 2.36. The number of nitrogens with zero attached hydrogens (tertiary/aromatic N) is 4. The van der Waals surface area contributed by atoms with Crippen molar-refractivity contribution in [3.05, 3.63) is 5.82 Å². The van der Waals surface area contributed by atoms with Crippen LogP contribution in [0.4, 0.5) is 0 Å². The lowest BCUT2D eigenvalue weighted by atomic mass is 9.66. The van der Waals surface area contributed by atoms with Gasteiger partial charge in [0.1, 0.15) is 0 Å². The Kier molecular flexibility index (Phi) is 2.03. The second kappa shape index (κ2) is 3.06. The smallest absolute Gasteiger partial charge is 0.175 e. The van der Waals surface area contributed by atoms with Crippen LogP contribution in [0, 0.1) is 5.41 Å². The fraction of sp³-hybridized carbons (Fsp3) is 0.875. The van der Waals surface area contributed by atoms with E-state index in [0.717, 1.165) is 18.8 Å². The summed E-state index contributed by atoms with van der Waals surface area (Å²) in [5, 5.41) is 11.9. The third-order valence-electron chi connectivity index (χ3n) is 2.93. The van der Waals surface area contributed by atoms with Gasteiger partial charge in [-0.2, -0.15) is 4.80 Å². The van der Waals surface area contributed by atoms with Gasteiger partial charge in [-0.05, 0) is 30.0 Å². The van der Waals surface area contributed by atoms with Gasteiger partial charge >= 0.3 is 0 Å². The Bertz CT molecular complexity index is 283. The Morgan fingerprint density at radius 1 is 1.54 bits per heavy atom. The largest absolute Gasteiger partial charge is 0.330 e. The Labute approximate surface area is 77.3 Å². The van der Waals surface area contributed by atoms with Crippen molar-refractivity contribution >= 4 is 0 Å². The molecule has 0 unspecified atom stereocenters. The fourth-order valence-electron chi connectivity index (χ4n) is 1.86. The summed E-state index contributed by atoms with van der Waals surface area (Å²) in [6.07, 6.45) is 4.60. The number of hydrogen-bond donors (Lipinski definition) is 1. The number of tetrazole rings is 1. The van der Waals surface area contributed by atoms with Gasteiger partial charge in [0.05, 0.1) is 7.05 Å². The highest BCUT2D eigenvalue weighted by molar-refractivity contribution is 4.96. The maximum absolute atomic E-state index is 5.74. The van der Waals surface area contributed by atoms with Gasteiger partial charge in [-0.25, -0.2) is 0 Å². The summed E-state index contributed by atoms with van der Waals surface area (Å²) in [4.78, 5) is 1.50. The minimum absolute atomic E-state index is 0.281. The molecule has 1 fully saturated rings. The SMILES string of the molecule is Cn1nnc(CC2(CN)CCC2)n1. The third-order valence-corrected chi connectivity index (χ3v) is 2.93. The summed E-state index contributed by atoms with van der Waals surface area (Å²) in [7, 11) is 1.78. The van der Waals surface area contributed by atoms with Crippen LogP contribution in [0.2, 0.25) is 0 Å². The lowest BCUT2D eigenvalue weighted by Crippen LogP contribution is -2.39. The predicted molar refractivity (Wildman–Crippen MR) is 47.8 cm³/mol. The van der Waals surface area contributed by atoms with Crippen LogP contribution in [0.15, 0.2) is 0 Å². The van der Waals surface area contributed by atoms with Crippen molar-refractivity contribution in [1.29, 1.82) is 0 Å². The first kappa shape index (κ1) is 8.62. The molecule has 5 heteroatoms. The molecule has 1 aromatic rings. The zero-order chi connectivity index (χ0) is 9.31. The zero-order valence-electron chi connectivity index (χ0n) is 7.90. The van der Waals surface area contributed by atoms with Gasteiger partial charge in [0.2, 0.25) is 0 Å². The van der Waals surface area contributed by atoms with Gasteiger partial charge in [-0.15, -0.1) is 10.2 Å². The van der Waals surface area contributed by atoms with Crippen molar-refractivity contribution in [3.63, 3.8) is 0 Å². The van der Waals surface area contributed by atoms with Crippen molar-refractivity contribution in [1.82, 2.24) is 20.2 Å². The molecule has 1 heterocycles. The number of hydrogen-bond acceptors (Lipinski definition) is 4. The lowest BCUT2D eigenvalue weighted by Gasteiger charge is -2.40. The Hall–Kier alpha value is -0.970. The molecule has 0 radical (unpaired) electrons. The molecule has 1 aliphatic rings. The molecule has 0 aromatic carbocycles. The van der Waals surface area contributed by atoms with E-state index in [-0.39, 0.29) is 5.41 Å². The van der Waals surface area contributed by atoms with Crippen molar-refractivity contribution in [3.8, 4) is 0 Å². The average Bonchev–Trinajstić information content (AvgIpc) is 2.44. The summed E-state index contributed by atoms with van der Waals surface area (Å²) < 4.78 is 0. The highest BCUT2D eigenvalue weighted by atomic mass is 15.6. The molecule has 0 saturated heterocycles. The van der Waals surface area contributed by atoms with Crippen LogP contribution in [-0.4, -0.2) is 26.8 Å². The number of aryl methyl sites for hydroxylation is 1. The van der Waals surface area contributed by atoms with Crippen LogP contribution in [0.25, 0.3) is 0 Å². The molecule has 0 bridgehead atoms. The molecule has 5 nitrogen and oxygen atoms in total. The quantitative estimate of drug-likeness (QED) is 0.706. The molecule has 1 saturated carbocycles. The van der Waals surface area contributed by atoms with Crippen molar-refractivity contribution in [2.45, 2.75) is 25.7 Å². The van der Waals surface area contributed by atoms with Crippen LogP contribution in [0.5, 0.6) is 0 Å². The molecule has 1 aromatic heterocycles. The lowest BCUT2D eigenvalue weighted by molar-refractivity contribution is 0.141. The molecule has 72 valence electrons. The molecule has 0 amide bonds. The first-order valence-corrected chi connectivity index (χ1v) is 4.67.